The van der Waals surface area contributed by atoms with Gasteiger partial charge in [0.2, 0.25) is 0 Å². The highest BCUT2D eigenvalue weighted by molar-refractivity contribution is 9.10. The zero-order chi connectivity index (χ0) is 13.4. The van der Waals surface area contributed by atoms with Crippen molar-refractivity contribution in [1.82, 2.24) is 19.9 Å². The minimum Gasteiger partial charge on any atom is -0.382 e. The van der Waals surface area contributed by atoms with E-state index in [2.05, 4.69) is 35.9 Å². The number of aromatic amines is 1. The van der Waals surface area contributed by atoms with E-state index in [9.17, 15) is 0 Å². The molecule has 6 nitrogen and oxygen atoms in total. The van der Waals surface area contributed by atoms with Crippen LogP contribution in [0.15, 0.2) is 16.7 Å². The van der Waals surface area contributed by atoms with Crippen molar-refractivity contribution in [3.63, 3.8) is 0 Å². The van der Waals surface area contributed by atoms with E-state index in [1.807, 2.05) is 13.0 Å². The van der Waals surface area contributed by atoms with Crippen molar-refractivity contribution < 1.29 is 4.74 Å². The summed E-state index contributed by atoms with van der Waals surface area (Å²) in [6.07, 6.45) is 1.72. The number of anilines is 1. The van der Waals surface area contributed by atoms with Crippen molar-refractivity contribution in [3.8, 4) is 0 Å². The van der Waals surface area contributed by atoms with Crippen LogP contribution in [0.1, 0.15) is 12.7 Å². The molecule has 0 saturated heterocycles. The van der Waals surface area contributed by atoms with Crippen LogP contribution in [0.2, 0.25) is 0 Å². The molecule has 7 heteroatoms. The largest absolute Gasteiger partial charge is 0.382 e. The van der Waals surface area contributed by atoms with E-state index in [1.54, 1.807) is 6.20 Å². The molecular weight excluding hydrogens is 310 g/mol. The molecular formula is C12H12BrN5O. The lowest BCUT2D eigenvalue weighted by molar-refractivity contribution is 0.129. The van der Waals surface area contributed by atoms with E-state index in [0.29, 0.717) is 30.1 Å². The molecule has 0 aliphatic carbocycles. The number of nitrogens with zero attached hydrogens (tertiary/aromatic N) is 3. The summed E-state index contributed by atoms with van der Waals surface area (Å²) in [5, 5.41) is 0. The molecule has 3 aromatic heterocycles. The molecule has 0 unspecified atom stereocenters. The van der Waals surface area contributed by atoms with Crippen molar-refractivity contribution in [2.45, 2.75) is 13.5 Å². The lowest BCUT2D eigenvalue weighted by Gasteiger charge is -2.00. The number of aromatic nitrogens is 4. The number of halogens is 1. The molecule has 0 saturated carbocycles. The lowest BCUT2D eigenvalue weighted by atomic mass is 10.3. The van der Waals surface area contributed by atoms with Crippen LogP contribution in [-0.4, -0.2) is 26.5 Å². The summed E-state index contributed by atoms with van der Waals surface area (Å²) in [5.41, 5.74) is 8.82. The molecule has 0 aromatic carbocycles. The highest BCUT2D eigenvalue weighted by atomic mass is 79.9. The molecule has 98 valence electrons. The number of hydrogen-bond donors (Lipinski definition) is 2. The fraction of sp³-hybridized carbons (Fsp3) is 0.250. The fourth-order valence-electron chi connectivity index (χ4n) is 1.93. The number of hydrogen-bond acceptors (Lipinski definition) is 5. The van der Waals surface area contributed by atoms with Gasteiger partial charge >= 0.3 is 0 Å². The van der Waals surface area contributed by atoms with Crippen molar-refractivity contribution >= 4 is 43.8 Å². The normalized spacial score (nSPS) is 11.5. The minimum atomic E-state index is 0.414. The molecule has 0 aliphatic heterocycles. The predicted molar refractivity (Wildman–Crippen MR) is 76.6 cm³/mol. The van der Waals surface area contributed by atoms with Crippen molar-refractivity contribution in [1.29, 1.82) is 0 Å². The van der Waals surface area contributed by atoms with Crippen LogP contribution in [0, 0.1) is 0 Å². The third-order valence-corrected chi connectivity index (χ3v) is 3.18. The number of H-pyrrole nitrogens is 1. The fourth-order valence-corrected chi connectivity index (χ4v) is 2.25. The lowest BCUT2D eigenvalue weighted by Crippen LogP contribution is -1.94. The number of pyridine rings is 2. The highest BCUT2D eigenvalue weighted by Crippen LogP contribution is 2.26. The van der Waals surface area contributed by atoms with E-state index in [-0.39, 0.29) is 0 Å². The first-order chi connectivity index (χ1) is 9.19. The van der Waals surface area contributed by atoms with E-state index >= 15 is 0 Å². The van der Waals surface area contributed by atoms with Crippen LogP contribution in [0.5, 0.6) is 0 Å². The van der Waals surface area contributed by atoms with Gasteiger partial charge in [0.1, 0.15) is 34.8 Å². The minimum absolute atomic E-state index is 0.414. The Morgan fingerprint density at radius 3 is 3.00 bits per heavy atom. The van der Waals surface area contributed by atoms with Crippen LogP contribution >= 0.6 is 15.9 Å². The number of rotatable bonds is 3. The van der Waals surface area contributed by atoms with Gasteiger partial charge in [0.15, 0.2) is 0 Å². The molecule has 0 amide bonds. The third-order valence-electron chi connectivity index (χ3n) is 2.75. The molecule has 3 heterocycles. The van der Waals surface area contributed by atoms with Gasteiger partial charge in [-0.15, -0.1) is 0 Å². The summed E-state index contributed by atoms with van der Waals surface area (Å²) in [5.74, 6) is 1.14. The monoisotopic (exact) mass is 321 g/mol. The molecule has 3 N–H and O–H groups in total. The quantitative estimate of drug-likeness (QED) is 0.773. The molecule has 3 rings (SSSR count). The van der Waals surface area contributed by atoms with Gasteiger partial charge in [-0.3, -0.25) is 4.98 Å². The summed E-state index contributed by atoms with van der Waals surface area (Å²) in [6, 6.07) is 1.87. The maximum Gasteiger partial charge on any atom is 0.150 e. The van der Waals surface area contributed by atoms with Gasteiger partial charge in [0.25, 0.3) is 0 Å². The topological polar surface area (TPSA) is 89.7 Å². The molecule has 0 radical (unpaired) electrons. The number of nitrogens with two attached hydrogens (primary N) is 1. The zero-order valence-electron chi connectivity index (χ0n) is 10.3. The number of ether oxygens (including phenoxy) is 1. The Kier molecular flexibility index (Phi) is 3.08. The van der Waals surface area contributed by atoms with Gasteiger partial charge in [0.05, 0.1) is 5.52 Å². The number of nitrogen functional groups attached to an aromatic ring is 1. The third kappa shape index (κ3) is 2.15. The second-order valence-corrected chi connectivity index (χ2v) is 4.98. The van der Waals surface area contributed by atoms with Crippen molar-refractivity contribution in [2.75, 3.05) is 12.3 Å². The van der Waals surface area contributed by atoms with E-state index in [0.717, 1.165) is 21.3 Å². The van der Waals surface area contributed by atoms with Gasteiger partial charge in [-0.1, -0.05) is 0 Å². The van der Waals surface area contributed by atoms with Gasteiger partial charge in [-0.05, 0) is 28.9 Å². The second kappa shape index (κ2) is 4.75. The average molecular weight is 322 g/mol. The summed E-state index contributed by atoms with van der Waals surface area (Å²) >= 11 is 3.37. The molecule has 0 atom stereocenters. The Morgan fingerprint density at radius 1 is 1.37 bits per heavy atom. The summed E-state index contributed by atoms with van der Waals surface area (Å²) < 4.78 is 6.19. The highest BCUT2D eigenvalue weighted by Gasteiger charge is 2.12. The zero-order valence-corrected chi connectivity index (χ0v) is 11.9. The summed E-state index contributed by atoms with van der Waals surface area (Å²) in [6.45, 7) is 2.99. The molecule has 19 heavy (non-hydrogen) atoms. The predicted octanol–water partition coefficient (Wildman–Crippen LogP) is 2.39. The van der Waals surface area contributed by atoms with Gasteiger partial charge in [-0.25, -0.2) is 9.97 Å². The average Bonchev–Trinajstić information content (AvgIpc) is 2.81. The Morgan fingerprint density at radius 2 is 2.21 bits per heavy atom. The first-order valence-electron chi connectivity index (χ1n) is 5.86. The van der Waals surface area contributed by atoms with Crippen LogP contribution < -0.4 is 5.73 Å². The van der Waals surface area contributed by atoms with Crippen molar-refractivity contribution in [3.05, 3.63) is 22.6 Å². The van der Waals surface area contributed by atoms with Crippen LogP contribution in [0.3, 0.4) is 0 Å². The van der Waals surface area contributed by atoms with Gasteiger partial charge < -0.3 is 15.5 Å². The molecule has 0 fully saturated rings. The first-order valence-corrected chi connectivity index (χ1v) is 6.65. The number of imidazole rings is 1. The Bertz CT molecular complexity index is 755. The standard InChI is InChI=1S/C12H12BrN5O/c1-2-19-5-8-17-10-9-7(3-6(13)4-15-9)16-12(14)11(10)18-8/h3-4H,2,5H2,1H3,(H2,14,16)(H,17,18). The molecule has 0 bridgehead atoms. The van der Waals surface area contributed by atoms with E-state index in [1.165, 1.54) is 0 Å². The smallest absolute Gasteiger partial charge is 0.150 e. The van der Waals surface area contributed by atoms with Crippen LogP contribution in [0.4, 0.5) is 5.82 Å². The van der Waals surface area contributed by atoms with Gasteiger partial charge in [0, 0.05) is 17.3 Å². The summed E-state index contributed by atoms with van der Waals surface area (Å²) in [4.78, 5) is 16.3. The first kappa shape index (κ1) is 12.3. The Hall–Kier alpha value is -1.73. The Balaban J connectivity index is 2.24. The van der Waals surface area contributed by atoms with Crippen LogP contribution in [-0.2, 0) is 11.3 Å². The van der Waals surface area contributed by atoms with Crippen LogP contribution in [0.25, 0.3) is 22.1 Å². The molecule has 3 aromatic rings. The van der Waals surface area contributed by atoms with E-state index < -0.39 is 0 Å². The van der Waals surface area contributed by atoms with Gasteiger partial charge in [-0.2, -0.15) is 0 Å². The maximum absolute atomic E-state index is 5.95. The maximum atomic E-state index is 5.95. The second-order valence-electron chi connectivity index (χ2n) is 4.06. The number of fused-ring (bicyclic) bond motifs is 3. The Labute approximate surface area is 117 Å². The number of nitrogens with one attached hydrogen (secondary N) is 1. The summed E-state index contributed by atoms with van der Waals surface area (Å²) in [7, 11) is 0. The molecule has 0 aliphatic rings. The molecule has 0 spiro atoms. The van der Waals surface area contributed by atoms with E-state index in [4.69, 9.17) is 10.5 Å². The van der Waals surface area contributed by atoms with Crippen molar-refractivity contribution in [2.24, 2.45) is 0 Å². The SMILES string of the molecule is CCOCc1nc2c([nH]1)c(N)nc1cc(Br)cnc12.